The third-order valence-electron chi connectivity index (χ3n) is 3.04. The van der Waals surface area contributed by atoms with Gasteiger partial charge in [-0.05, 0) is 30.5 Å². The Morgan fingerprint density at radius 1 is 1.09 bits per heavy atom. The maximum Gasteiger partial charge on any atom is 0.191 e. The summed E-state index contributed by atoms with van der Waals surface area (Å²) in [6.45, 7) is 3.67. The van der Waals surface area contributed by atoms with Crippen molar-refractivity contribution in [3.63, 3.8) is 0 Å². The van der Waals surface area contributed by atoms with E-state index in [4.69, 9.17) is 21.1 Å². The van der Waals surface area contributed by atoms with E-state index in [1.54, 1.807) is 14.2 Å². The number of aliphatic imine (C=N–C) groups is 1. The molecule has 0 aromatic heterocycles. The van der Waals surface area contributed by atoms with Crippen LogP contribution < -0.4 is 10.6 Å². The lowest BCUT2D eigenvalue weighted by Gasteiger charge is -2.12. The van der Waals surface area contributed by atoms with Crippen LogP contribution in [0.4, 0.5) is 0 Å². The second-order valence-corrected chi connectivity index (χ2v) is 5.23. The van der Waals surface area contributed by atoms with Crippen molar-refractivity contribution in [2.24, 2.45) is 4.99 Å². The normalized spacial score (nSPS) is 11.5. The van der Waals surface area contributed by atoms with Gasteiger partial charge in [0.15, 0.2) is 5.96 Å². The molecule has 124 valence electrons. The van der Waals surface area contributed by atoms with Gasteiger partial charge in [-0.25, -0.2) is 0 Å². The number of unbranched alkanes of at least 4 members (excludes halogenated alkanes) is 1. The van der Waals surface area contributed by atoms with Crippen LogP contribution in [0.25, 0.3) is 0 Å². The summed E-state index contributed by atoms with van der Waals surface area (Å²) in [6.07, 6.45) is 2.06. The Morgan fingerprint density at radius 3 is 2.55 bits per heavy atom. The van der Waals surface area contributed by atoms with Crippen molar-refractivity contribution >= 4 is 17.6 Å². The summed E-state index contributed by atoms with van der Waals surface area (Å²) in [7, 11) is 3.45. The summed E-state index contributed by atoms with van der Waals surface area (Å²) in [5.41, 5.74) is 1.17. The van der Waals surface area contributed by atoms with Gasteiger partial charge in [0, 0.05) is 38.9 Å². The van der Waals surface area contributed by atoms with Crippen LogP contribution in [-0.4, -0.2) is 46.5 Å². The fourth-order valence-electron chi connectivity index (χ4n) is 1.79. The minimum absolute atomic E-state index is 0.652. The molecule has 1 rings (SSSR count). The number of guanidine groups is 1. The first-order valence-electron chi connectivity index (χ1n) is 7.52. The maximum atomic E-state index is 5.87. The van der Waals surface area contributed by atoms with Crippen LogP contribution in [0, 0.1) is 0 Å². The maximum absolute atomic E-state index is 5.87. The minimum Gasteiger partial charge on any atom is -0.382 e. The van der Waals surface area contributed by atoms with E-state index in [1.165, 1.54) is 5.56 Å². The van der Waals surface area contributed by atoms with Crippen molar-refractivity contribution in [3.8, 4) is 0 Å². The van der Waals surface area contributed by atoms with Gasteiger partial charge in [0.05, 0.1) is 13.2 Å². The molecule has 22 heavy (non-hydrogen) atoms. The van der Waals surface area contributed by atoms with Crippen molar-refractivity contribution in [3.05, 3.63) is 34.9 Å². The number of halogens is 1. The van der Waals surface area contributed by atoms with E-state index in [0.29, 0.717) is 13.2 Å². The van der Waals surface area contributed by atoms with Crippen LogP contribution in [0.2, 0.25) is 5.02 Å². The average Bonchev–Trinajstić information content (AvgIpc) is 2.54. The van der Waals surface area contributed by atoms with Gasteiger partial charge < -0.3 is 20.1 Å². The van der Waals surface area contributed by atoms with E-state index in [1.807, 2.05) is 24.3 Å². The number of methoxy groups -OCH3 is 1. The highest BCUT2D eigenvalue weighted by Crippen LogP contribution is 2.08. The predicted molar refractivity (Wildman–Crippen MR) is 91.6 cm³/mol. The van der Waals surface area contributed by atoms with E-state index >= 15 is 0 Å². The third-order valence-corrected chi connectivity index (χ3v) is 3.29. The van der Waals surface area contributed by atoms with Crippen molar-refractivity contribution in [2.75, 3.05) is 40.5 Å². The van der Waals surface area contributed by atoms with Gasteiger partial charge >= 0.3 is 0 Å². The molecule has 0 saturated heterocycles. The predicted octanol–water partition coefficient (Wildman–Crippen LogP) is 2.45. The lowest BCUT2D eigenvalue weighted by atomic mass is 10.2. The number of hydrogen-bond donors (Lipinski definition) is 2. The Labute approximate surface area is 138 Å². The van der Waals surface area contributed by atoms with E-state index in [-0.39, 0.29) is 0 Å². The molecule has 0 saturated carbocycles. The van der Waals surface area contributed by atoms with Crippen LogP contribution in [0.5, 0.6) is 0 Å². The van der Waals surface area contributed by atoms with Crippen LogP contribution in [0.1, 0.15) is 18.4 Å². The third kappa shape index (κ3) is 8.87. The van der Waals surface area contributed by atoms with Crippen LogP contribution in [0.15, 0.2) is 29.3 Å². The number of nitrogens with zero attached hydrogens (tertiary/aromatic N) is 1. The molecule has 0 amide bonds. The molecule has 0 spiro atoms. The van der Waals surface area contributed by atoms with Gasteiger partial charge in [-0.15, -0.1) is 0 Å². The van der Waals surface area contributed by atoms with Gasteiger partial charge in [0.1, 0.15) is 0 Å². The topological polar surface area (TPSA) is 54.9 Å². The zero-order valence-corrected chi connectivity index (χ0v) is 14.2. The number of nitrogens with one attached hydrogen (secondary N) is 2. The molecule has 0 bridgehead atoms. The summed E-state index contributed by atoms with van der Waals surface area (Å²) in [5, 5.41) is 7.31. The van der Waals surface area contributed by atoms with E-state index < -0.39 is 0 Å². The molecule has 0 radical (unpaired) electrons. The van der Waals surface area contributed by atoms with Crippen molar-refractivity contribution in [1.82, 2.24) is 10.6 Å². The van der Waals surface area contributed by atoms with Crippen LogP contribution >= 0.6 is 11.6 Å². The quantitative estimate of drug-likeness (QED) is 0.394. The molecule has 0 fully saturated rings. The Balaban J connectivity index is 2.09. The molecule has 5 nitrogen and oxygen atoms in total. The van der Waals surface area contributed by atoms with E-state index in [2.05, 4.69) is 15.6 Å². The average molecular weight is 328 g/mol. The highest BCUT2D eigenvalue weighted by Gasteiger charge is 1.98. The lowest BCUT2D eigenvalue weighted by Crippen LogP contribution is -2.37. The SMILES string of the molecule is CN=C(NCCCCOCCOC)NCc1ccc(Cl)cc1. The van der Waals surface area contributed by atoms with Gasteiger partial charge in [-0.2, -0.15) is 0 Å². The van der Waals surface area contributed by atoms with Gasteiger partial charge in [0.25, 0.3) is 0 Å². The summed E-state index contributed by atoms with van der Waals surface area (Å²) < 4.78 is 10.3. The Bertz CT molecular complexity index is 424. The molecule has 1 aromatic rings. The second kappa shape index (κ2) is 12.3. The van der Waals surface area contributed by atoms with Crippen LogP contribution in [0.3, 0.4) is 0 Å². The molecular formula is C16H26ClN3O2. The number of hydrogen-bond acceptors (Lipinski definition) is 3. The fourth-order valence-corrected chi connectivity index (χ4v) is 1.91. The molecule has 2 N–H and O–H groups in total. The van der Waals surface area contributed by atoms with Crippen molar-refractivity contribution in [1.29, 1.82) is 0 Å². The highest BCUT2D eigenvalue weighted by molar-refractivity contribution is 6.30. The Kier molecular flexibility index (Phi) is 10.5. The summed E-state index contributed by atoms with van der Waals surface area (Å²) in [5.74, 6) is 0.801. The molecule has 0 aliphatic rings. The first kappa shape index (κ1) is 18.7. The minimum atomic E-state index is 0.652. The summed E-state index contributed by atoms with van der Waals surface area (Å²) in [6, 6.07) is 7.77. The fraction of sp³-hybridized carbons (Fsp3) is 0.562. The van der Waals surface area contributed by atoms with Crippen molar-refractivity contribution in [2.45, 2.75) is 19.4 Å². The van der Waals surface area contributed by atoms with Gasteiger partial charge in [-0.3, -0.25) is 4.99 Å². The summed E-state index contributed by atoms with van der Waals surface area (Å²) >= 11 is 5.87. The smallest absolute Gasteiger partial charge is 0.191 e. The Hall–Kier alpha value is -1.30. The van der Waals surface area contributed by atoms with E-state index in [0.717, 1.165) is 43.5 Å². The molecule has 0 unspecified atom stereocenters. The molecule has 6 heteroatoms. The van der Waals surface area contributed by atoms with Gasteiger partial charge in [-0.1, -0.05) is 23.7 Å². The summed E-state index contributed by atoms with van der Waals surface area (Å²) in [4.78, 5) is 4.20. The first-order valence-corrected chi connectivity index (χ1v) is 7.89. The zero-order valence-electron chi connectivity index (χ0n) is 13.4. The highest BCUT2D eigenvalue weighted by atomic mass is 35.5. The van der Waals surface area contributed by atoms with Crippen LogP contribution in [-0.2, 0) is 16.0 Å². The number of ether oxygens (including phenoxy) is 2. The van der Waals surface area contributed by atoms with Gasteiger partial charge in [0.2, 0.25) is 0 Å². The van der Waals surface area contributed by atoms with E-state index in [9.17, 15) is 0 Å². The molecule has 0 aliphatic heterocycles. The molecule has 1 aromatic carbocycles. The standard InChI is InChI=1S/C16H26ClN3O2/c1-18-16(19-9-3-4-10-22-12-11-21-2)20-13-14-5-7-15(17)8-6-14/h5-8H,3-4,9-13H2,1-2H3,(H2,18,19,20). The lowest BCUT2D eigenvalue weighted by molar-refractivity contribution is 0.0689. The largest absolute Gasteiger partial charge is 0.382 e. The zero-order chi connectivity index (χ0) is 16.0. The molecule has 0 heterocycles. The molecular weight excluding hydrogens is 302 g/mol. The molecule has 0 atom stereocenters. The number of rotatable bonds is 10. The second-order valence-electron chi connectivity index (χ2n) is 4.79. The Morgan fingerprint density at radius 2 is 1.86 bits per heavy atom. The van der Waals surface area contributed by atoms with Crippen molar-refractivity contribution < 1.29 is 9.47 Å². The first-order chi connectivity index (χ1) is 10.8. The number of benzene rings is 1. The molecule has 0 aliphatic carbocycles. The monoisotopic (exact) mass is 327 g/mol.